The number of aliphatic imine (C=N–C) groups is 1. The van der Waals surface area contributed by atoms with Gasteiger partial charge in [-0.25, -0.2) is 0 Å². The highest BCUT2D eigenvalue weighted by Gasteiger charge is 2.24. The molecule has 1 heterocycles. The Morgan fingerprint density at radius 2 is 1.91 bits per heavy atom. The van der Waals surface area contributed by atoms with Crippen LogP contribution in [0.25, 0.3) is 0 Å². The number of rotatable bonds is 4. The normalized spacial score (nSPS) is 13.8. The smallest absolute Gasteiger partial charge is 0.259 e. The van der Waals surface area contributed by atoms with E-state index in [1.165, 1.54) is 0 Å². The summed E-state index contributed by atoms with van der Waals surface area (Å²) in [7, 11) is 0. The van der Waals surface area contributed by atoms with Crippen LogP contribution < -0.4 is 5.32 Å². The van der Waals surface area contributed by atoms with Gasteiger partial charge in [0.25, 0.3) is 5.91 Å². The molecule has 2 aromatic carbocycles. The number of amidine groups is 1. The zero-order valence-corrected chi connectivity index (χ0v) is 13.8. The molecule has 4 nitrogen and oxygen atoms in total. The quantitative estimate of drug-likeness (QED) is 0.909. The maximum Gasteiger partial charge on any atom is 0.259 e. The van der Waals surface area contributed by atoms with Gasteiger partial charge in [-0.1, -0.05) is 47.5 Å². The van der Waals surface area contributed by atoms with E-state index in [0.717, 1.165) is 5.69 Å². The van der Waals surface area contributed by atoms with Gasteiger partial charge in [-0.3, -0.25) is 14.7 Å². The van der Waals surface area contributed by atoms with Crippen molar-refractivity contribution >= 4 is 40.6 Å². The highest BCUT2D eigenvalue weighted by molar-refractivity contribution is 6.43. The van der Waals surface area contributed by atoms with Crippen LogP contribution in [-0.4, -0.2) is 36.3 Å². The Labute approximate surface area is 144 Å². The summed E-state index contributed by atoms with van der Waals surface area (Å²) >= 11 is 12.2. The number of hydrogen-bond donors (Lipinski definition) is 1. The molecule has 1 N–H and O–H groups in total. The third kappa shape index (κ3) is 3.49. The van der Waals surface area contributed by atoms with Crippen molar-refractivity contribution in [3.8, 4) is 0 Å². The van der Waals surface area contributed by atoms with Crippen LogP contribution in [0.3, 0.4) is 0 Å². The van der Waals surface area contributed by atoms with Crippen LogP contribution in [0.2, 0.25) is 10.0 Å². The molecule has 2 aromatic rings. The lowest BCUT2D eigenvalue weighted by molar-refractivity contribution is 0.0857. The fourth-order valence-electron chi connectivity index (χ4n) is 2.41. The van der Waals surface area contributed by atoms with Crippen LogP contribution in [0.5, 0.6) is 0 Å². The molecule has 118 valence electrons. The third-order valence-electron chi connectivity index (χ3n) is 3.58. The number of halogens is 2. The summed E-state index contributed by atoms with van der Waals surface area (Å²) in [5.74, 6) is 0.663. The van der Waals surface area contributed by atoms with Gasteiger partial charge in [0, 0.05) is 12.1 Å². The van der Waals surface area contributed by atoms with E-state index in [2.05, 4.69) is 10.3 Å². The maximum atomic E-state index is 12.6. The second-order valence-electron chi connectivity index (χ2n) is 5.08. The van der Waals surface area contributed by atoms with Gasteiger partial charge in [0.1, 0.15) is 5.84 Å². The summed E-state index contributed by atoms with van der Waals surface area (Å²) < 4.78 is 0. The summed E-state index contributed by atoms with van der Waals surface area (Å²) in [6.45, 7) is 1.62. The summed E-state index contributed by atoms with van der Waals surface area (Å²) in [4.78, 5) is 18.7. The average Bonchev–Trinajstić information content (AvgIpc) is 3.05. The predicted molar refractivity (Wildman–Crippen MR) is 94.7 cm³/mol. The molecule has 3 rings (SSSR count). The number of amides is 1. The number of carbonyl (C=O) groups excluding carboxylic acids is 1. The second-order valence-corrected chi connectivity index (χ2v) is 5.86. The topological polar surface area (TPSA) is 44.7 Å². The van der Waals surface area contributed by atoms with Gasteiger partial charge < -0.3 is 5.32 Å². The van der Waals surface area contributed by atoms with E-state index < -0.39 is 0 Å². The van der Waals surface area contributed by atoms with Crippen LogP contribution in [0.15, 0.2) is 53.5 Å². The maximum absolute atomic E-state index is 12.6. The Balaban J connectivity index is 1.70. The molecule has 0 aromatic heterocycles. The SMILES string of the molecule is O=C(c1ccccc1)N1CCN=C1CNc1cccc(Cl)c1Cl. The largest absolute Gasteiger partial charge is 0.377 e. The lowest BCUT2D eigenvalue weighted by Gasteiger charge is -2.19. The molecule has 0 aliphatic carbocycles. The first-order valence-electron chi connectivity index (χ1n) is 7.25. The summed E-state index contributed by atoms with van der Waals surface area (Å²) in [6.07, 6.45) is 0. The zero-order chi connectivity index (χ0) is 16.2. The highest BCUT2D eigenvalue weighted by Crippen LogP contribution is 2.29. The first-order valence-corrected chi connectivity index (χ1v) is 8.00. The van der Waals surface area contributed by atoms with Crippen molar-refractivity contribution in [1.82, 2.24) is 4.90 Å². The Kier molecular flexibility index (Phi) is 4.84. The van der Waals surface area contributed by atoms with Crippen molar-refractivity contribution < 1.29 is 4.79 Å². The molecule has 0 atom stereocenters. The minimum absolute atomic E-state index is 0.0409. The van der Waals surface area contributed by atoms with E-state index in [1.54, 1.807) is 23.1 Å². The number of nitrogens with one attached hydrogen (secondary N) is 1. The van der Waals surface area contributed by atoms with Gasteiger partial charge in [0.15, 0.2) is 0 Å². The molecule has 1 amide bonds. The van der Waals surface area contributed by atoms with Crippen molar-refractivity contribution in [2.45, 2.75) is 0 Å². The van der Waals surface area contributed by atoms with E-state index >= 15 is 0 Å². The van der Waals surface area contributed by atoms with Gasteiger partial charge >= 0.3 is 0 Å². The number of nitrogens with zero attached hydrogens (tertiary/aromatic N) is 2. The van der Waals surface area contributed by atoms with Crippen LogP contribution >= 0.6 is 23.2 Å². The molecule has 1 aliphatic heterocycles. The minimum Gasteiger partial charge on any atom is -0.377 e. The molecule has 0 saturated heterocycles. The van der Waals surface area contributed by atoms with Crippen LogP contribution in [0.4, 0.5) is 5.69 Å². The van der Waals surface area contributed by atoms with Crippen LogP contribution in [-0.2, 0) is 0 Å². The molecule has 0 fully saturated rings. The van der Waals surface area contributed by atoms with E-state index in [0.29, 0.717) is 41.1 Å². The van der Waals surface area contributed by atoms with Crippen molar-refractivity contribution in [2.75, 3.05) is 25.0 Å². The molecule has 0 bridgehead atoms. The second kappa shape index (κ2) is 7.02. The van der Waals surface area contributed by atoms with E-state index in [1.807, 2.05) is 30.3 Å². The number of anilines is 1. The lowest BCUT2D eigenvalue weighted by Crippen LogP contribution is -2.37. The molecule has 0 saturated carbocycles. The Morgan fingerprint density at radius 1 is 1.13 bits per heavy atom. The number of carbonyl (C=O) groups is 1. The van der Waals surface area contributed by atoms with Gasteiger partial charge in [0.2, 0.25) is 0 Å². The monoisotopic (exact) mass is 347 g/mol. The standard InChI is InChI=1S/C17H15Cl2N3O/c18-13-7-4-8-14(16(13)19)21-11-15-20-9-10-22(15)17(23)12-5-2-1-3-6-12/h1-8,21H,9-11H2. The van der Waals surface area contributed by atoms with E-state index in [4.69, 9.17) is 23.2 Å². The van der Waals surface area contributed by atoms with Gasteiger partial charge in [-0.15, -0.1) is 0 Å². The number of benzene rings is 2. The Morgan fingerprint density at radius 3 is 2.70 bits per heavy atom. The fraction of sp³-hybridized carbons (Fsp3) is 0.176. The third-order valence-corrected chi connectivity index (χ3v) is 4.40. The summed E-state index contributed by atoms with van der Waals surface area (Å²) in [5, 5.41) is 4.15. The first kappa shape index (κ1) is 15.8. The van der Waals surface area contributed by atoms with Gasteiger partial charge in [-0.2, -0.15) is 0 Å². The molecule has 1 aliphatic rings. The zero-order valence-electron chi connectivity index (χ0n) is 12.3. The van der Waals surface area contributed by atoms with Crippen LogP contribution in [0.1, 0.15) is 10.4 Å². The molecular formula is C17H15Cl2N3O. The molecule has 23 heavy (non-hydrogen) atoms. The first-order chi connectivity index (χ1) is 11.2. The van der Waals surface area contributed by atoms with Gasteiger partial charge in [-0.05, 0) is 24.3 Å². The van der Waals surface area contributed by atoms with Crippen LogP contribution in [0, 0.1) is 0 Å². The van der Waals surface area contributed by atoms with Crippen molar-refractivity contribution in [3.05, 3.63) is 64.1 Å². The van der Waals surface area contributed by atoms with E-state index in [9.17, 15) is 4.79 Å². The average molecular weight is 348 g/mol. The molecule has 0 radical (unpaired) electrons. The molecule has 0 unspecified atom stereocenters. The van der Waals surface area contributed by atoms with Crippen molar-refractivity contribution in [1.29, 1.82) is 0 Å². The lowest BCUT2D eigenvalue weighted by atomic mass is 10.2. The Bertz CT molecular complexity index is 747. The van der Waals surface area contributed by atoms with Gasteiger partial charge in [0.05, 0.1) is 28.8 Å². The number of hydrogen-bond acceptors (Lipinski definition) is 3. The molecule has 6 heteroatoms. The fourth-order valence-corrected chi connectivity index (χ4v) is 2.78. The highest BCUT2D eigenvalue weighted by atomic mass is 35.5. The predicted octanol–water partition coefficient (Wildman–Crippen LogP) is 3.96. The summed E-state index contributed by atoms with van der Waals surface area (Å²) in [5.41, 5.74) is 1.38. The minimum atomic E-state index is -0.0409. The molecular weight excluding hydrogens is 333 g/mol. The van der Waals surface area contributed by atoms with E-state index in [-0.39, 0.29) is 5.91 Å². The van der Waals surface area contributed by atoms with Crippen molar-refractivity contribution in [3.63, 3.8) is 0 Å². The Hall–Kier alpha value is -2.04. The summed E-state index contributed by atoms with van der Waals surface area (Å²) in [6, 6.07) is 14.6. The molecule has 0 spiro atoms. The van der Waals surface area contributed by atoms with Crippen molar-refractivity contribution in [2.24, 2.45) is 4.99 Å².